The summed E-state index contributed by atoms with van der Waals surface area (Å²) in [5.41, 5.74) is 4.82. The number of hydrazine groups is 1. The third-order valence-electron chi connectivity index (χ3n) is 12.3. The number of benzene rings is 5. The van der Waals surface area contributed by atoms with Crippen molar-refractivity contribution < 1.29 is 38.1 Å². The first-order chi connectivity index (χ1) is 28.5. The van der Waals surface area contributed by atoms with Crippen LogP contribution in [0.4, 0.5) is 27.1 Å². The number of para-hydroxylation sites is 1. The Morgan fingerprint density at radius 1 is 0.780 bits per heavy atom. The molecule has 11 nitrogen and oxygen atoms in total. The number of anilines is 4. The minimum Gasteiger partial charge on any atom is -0.507 e. The van der Waals surface area contributed by atoms with Gasteiger partial charge in [-0.2, -0.15) is 5.01 Å². The highest BCUT2D eigenvalue weighted by Crippen LogP contribution is 2.66. The van der Waals surface area contributed by atoms with Crippen molar-refractivity contribution in [1.29, 1.82) is 0 Å². The lowest BCUT2D eigenvalue weighted by atomic mass is 9.49. The zero-order valence-electron chi connectivity index (χ0n) is 31.9. The van der Waals surface area contributed by atoms with Gasteiger partial charge in [-0.3, -0.25) is 29.5 Å². The maximum atomic E-state index is 15.5. The quantitative estimate of drug-likeness (QED) is 0.0996. The summed E-state index contributed by atoms with van der Waals surface area (Å²) in [5, 5.41) is 16.6. The normalized spacial score (nSPS) is 24.6. The van der Waals surface area contributed by atoms with Crippen LogP contribution in [0.3, 0.4) is 0 Å². The smallest absolute Gasteiger partial charge is 0.260 e. The zero-order valence-corrected chi connectivity index (χ0v) is 32.7. The number of nitrogens with one attached hydrogen (secondary N) is 2. The van der Waals surface area contributed by atoms with E-state index in [-0.39, 0.29) is 47.2 Å². The van der Waals surface area contributed by atoms with Crippen molar-refractivity contribution in [3.63, 3.8) is 0 Å². The first-order valence-electron chi connectivity index (χ1n) is 19.2. The number of hydrogen-bond donors (Lipinski definition) is 3. The summed E-state index contributed by atoms with van der Waals surface area (Å²) in [7, 11) is 2.87. The SMILES string of the molecule is COc1cc(O)c(C2C3=CCC4C(=O)N(c5ccc(Nc6ccccc6)cc5)C(=O)C4C3CC3C(=O)N(Nc4ccc(F)cc4)C(=O)C32c2ccc(Cl)cc2)c(OC)c1. The third kappa shape index (κ3) is 6.00. The molecule has 4 aliphatic rings. The van der Waals surface area contributed by atoms with E-state index in [0.29, 0.717) is 21.8 Å². The van der Waals surface area contributed by atoms with Crippen molar-refractivity contribution in [2.75, 3.05) is 29.9 Å². The number of phenols is 1. The molecule has 13 heteroatoms. The lowest BCUT2D eigenvalue weighted by Crippen LogP contribution is -2.53. The molecule has 2 heterocycles. The molecule has 2 saturated heterocycles. The summed E-state index contributed by atoms with van der Waals surface area (Å²) < 4.78 is 25.4. The Balaban J connectivity index is 1.19. The molecule has 59 heavy (non-hydrogen) atoms. The number of amides is 4. The van der Waals surface area contributed by atoms with Gasteiger partial charge in [0.1, 0.15) is 23.1 Å². The van der Waals surface area contributed by atoms with Crippen LogP contribution in [0.15, 0.2) is 127 Å². The maximum Gasteiger partial charge on any atom is 0.260 e. The van der Waals surface area contributed by atoms with Crippen LogP contribution in [0.2, 0.25) is 5.02 Å². The molecule has 0 radical (unpaired) electrons. The molecule has 3 N–H and O–H groups in total. The molecule has 2 aliphatic heterocycles. The van der Waals surface area contributed by atoms with E-state index in [0.717, 1.165) is 16.4 Å². The minimum atomic E-state index is -1.73. The van der Waals surface area contributed by atoms with E-state index in [1.165, 1.54) is 49.5 Å². The Bertz CT molecular complexity index is 2530. The van der Waals surface area contributed by atoms with Crippen molar-refractivity contribution >= 4 is 58.0 Å². The summed E-state index contributed by atoms with van der Waals surface area (Å²) in [5.74, 6) is -6.84. The molecule has 6 atom stereocenters. The molecular weight excluding hydrogens is 775 g/mol. The number of halogens is 2. The highest BCUT2D eigenvalue weighted by atomic mass is 35.5. The number of phenolic OH excluding ortho intramolecular Hbond substituents is 1. The number of carbonyl (C=O) groups excluding carboxylic acids is 4. The van der Waals surface area contributed by atoms with Crippen LogP contribution in [0.5, 0.6) is 17.2 Å². The highest BCUT2D eigenvalue weighted by molar-refractivity contribution is 6.30. The van der Waals surface area contributed by atoms with E-state index in [1.54, 1.807) is 54.6 Å². The second kappa shape index (κ2) is 14.6. The average Bonchev–Trinajstić information content (AvgIpc) is 3.63. The Morgan fingerprint density at radius 2 is 1.46 bits per heavy atom. The molecule has 298 valence electrons. The van der Waals surface area contributed by atoms with Gasteiger partial charge in [-0.25, -0.2) is 4.39 Å². The molecule has 0 aromatic heterocycles. The number of imide groups is 2. The number of aromatic hydroxyl groups is 1. The minimum absolute atomic E-state index is 0.0182. The van der Waals surface area contributed by atoms with Crippen molar-refractivity contribution in [2.24, 2.45) is 23.7 Å². The topological polar surface area (TPSA) is 138 Å². The molecule has 5 aromatic rings. The van der Waals surface area contributed by atoms with Gasteiger partial charge in [-0.15, -0.1) is 0 Å². The first-order valence-corrected chi connectivity index (χ1v) is 19.5. The lowest BCUT2D eigenvalue weighted by molar-refractivity contribution is -0.138. The third-order valence-corrected chi connectivity index (χ3v) is 12.5. The number of methoxy groups -OCH3 is 2. The van der Waals surface area contributed by atoms with Crippen molar-refractivity contribution in [3.05, 3.63) is 149 Å². The van der Waals surface area contributed by atoms with Crippen LogP contribution in [-0.4, -0.2) is 48.0 Å². The molecule has 0 spiro atoms. The predicted octanol–water partition coefficient (Wildman–Crippen LogP) is 8.14. The Labute approximate surface area is 344 Å². The van der Waals surface area contributed by atoms with E-state index in [2.05, 4.69) is 10.7 Å². The summed E-state index contributed by atoms with van der Waals surface area (Å²) in [6.45, 7) is 0. The predicted molar refractivity (Wildman–Crippen MR) is 219 cm³/mol. The summed E-state index contributed by atoms with van der Waals surface area (Å²) in [6, 6.07) is 31.5. The molecule has 6 unspecified atom stereocenters. The van der Waals surface area contributed by atoms with Crippen LogP contribution in [0.1, 0.15) is 29.9 Å². The fourth-order valence-electron chi connectivity index (χ4n) is 9.77. The van der Waals surface area contributed by atoms with Gasteiger partial charge in [0.2, 0.25) is 11.8 Å². The van der Waals surface area contributed by atoms with Gasteiger partial charge in [-0.05, 0) is 97.1 Å². The molecule has 0 bridgehead atoms. The highest BCUT2D eigenvalue weighted by Gasteiger charge is 2.71. The molecule has 4 amide bonds. The van der Waals surface area contributed by atoms with E-state index in [9.17, 15) is 23.9 Å². The zero-order chi connectivity index (χ0) is 41.2. The monoisotopic (exact) mass is 812 g/mol. The largest absolute Gasteiger partial charge is 0.507 e. The van der Waals surface area contributed by atoms with Gasteiger partial charge < -0.3 is 19.9 Å². The number of nitrogens with zero attached hydrogens (tertiary/aromatic N) is 2. The van der Waals surface area contributed by atoms with Crippen LogP contribution in [0, 0.1) is 29.5 Å². The lowest BCUT2D eigenvalue weighted by Gasteiger charge is -2.50. The average molecular weight is 813 g/mol. The van der Waals surface area contributed by atoms with Crippen molar-refractivity contribution in [3.8, 4) is 17.2 Å². The molecule has 1 saturated carbocycles. The van der Waals surface area contributed by atoms with Gasteiger partial charge in [0.05, 0.1) is 48.8 Å². The number of fused-ring (bicyclic) bond motifs is 4. The number of carbonyl (C=O) groups is 4. The number of hydrogen-bond acceptors (Lipinski definition) is 9. The fraction of sp³-hybridized carbons (Fsp3) is 0.217. The number of rotatable bonds is 9. The second-order valence-electron chi connectivity index (χ2n) is 15.2. The van der Waals surface area contributed by atoms with Crippen LogP contribution in [0.25, 0.3) is 0 Å². The molecular formula is C46H38ClFN4O7. The molecule has 9 rings (SSSR count). The molecule has 5 aromatic carbocycles. The van der Waals surface area contributed by atoms with Crippen molar-refractivity contribution in [1.82, 2.24) is 5.01 Å². The molecule has 2 aliphatic carbocycles. The fourth-order valence-corrected chi connectivity index (χ4v) is 9.90. The van der Waals surface area contributed by atoms with E-state index >= 15 is 4.79 Å². The van der Waals surface area contributed by atoms with Crippen LogP contribution < -0.4 is 25.1 Å². The Kier molecular flexibility index (Phi) is 9.39. The standard InChI is InChI=1S/C46H38ClFN4O7/c1-58-32-22-37(53)40(38(23-32)59-2)41-33-20-21-34-39(44(56)51(42(34)54)31-18-16-29(17-19-31)49-28-6-4-3-5-7-28)35(33)24-36-43(55)52(50-30-14-12-27(48)13-15-30)45(57)46(36,41)25-8-10-26(47)11-9-25/h3-20,22-23,34-36,39,41,49-50,53H,21,24H2,1-2H3. The van der Waals surface area contributed by atoms with Gasteiger partial charge in [0.25, 0.3) is 11.8 Å². The van der Waals surface area contributed by atoms with Gasteiger partial charge >= 0.3 is 0 Å². The Morgan fingerprint density at radius 3 is 2.14 bits per heavy atom. The van der Waals surface area contributed by atoms with Gasteiger partial charge in [0.15, 0.2) is 0 Å². The van der Waals surface area contributed by atoms with Gasteiger partial charge in [-0.1, -0.05) is 53.6 Å². The Hall–Kier alpha value is -6.66. The van der Waals surface area contributed by atoms with E-state index in [1.807, 2.05) is 36.4 Å². The summed E-state index contributed by atoms with van der Waals surface area (Å²) in [4.78, 5) is 60.8. The van der Waals surface area contributed by atoms with Crippen LogP contribution >= 0.6 is 11.6 Å². The number of allylic oxidation sites excluding steroid dienone is 2. The maximum absolute atomic E-state index is 15.5. The van der Waals surface area contributed by atoms with E-state index in [4.69, 9.17) is 21.1 Å². The van der Waals surface area contributed by atoms with Crippen molar-refractivity contribution in [2.45, 2.75) is 24.2 Å². The van der Waals surface area contributed by atoms with E-state index < -0.39 is 58.5 Å². The first kappa shape index (κ1) is 37.9. The summed E-state index contributed by atoms with van der Waals surface area (Å²) >= 11 is 6.41. The van der Waals surface area contributed by atoms with Gasteiger partial charge in [0, 0.05) is 40.0 Å². The second-order valence-corrected chi connectivity index (χ2v) is 15.6. The van der Waals surface area contributed by atoms with Crippen LogP contribution in [-0.2, 0) is 24.6 Å². The summed E-state index contributed by atoms with van der Waals surface area (Å²) in [6.07, 6.45) is 2.08. The molecule has 3 fully saturated rings. The number of ether oxygens (including phenoxy) is 2.